The highest BCUT2D eigenvalue weighted by Gasteiger charge is 2.05. The molecule has 0 amide bonds. The summed E-state index contributed by atoms with van der Waals surface area (Å²) in [5, 5.41) is 6.41. The number of aliphatic imine (C=N–C) groups is 1. The normalized spacial score (nSPS) is 12.5. The van der Waals surface area contributed by atoms with E-state index in [2.05, 4.69) is 31.6 Å². The molecule has 1 aromatic rings. The lowest BCUT2D eigenvalue weighted by Crippen LogP contribution is -2.44. The summed E-state index contributed by atoms with van der Waals surface area (Å²) < 4.78 is 19.6. The number of ether oxygens (including phenoxy) is 1. The molecule has 0 saturated carbocycles. The van der Waals surface area contributed by atoms with Crippen LogP contribution in [-0.2, 0) is 11.2 Å². The number of methoxy groups -OCH3 is 1. The van der Waals surface area contributed by atoms with Crippen LogP contribution in [0.25, 0.3) is 0 Å². The van der Waals surface area contributed by atoms with Crippen molar-refractivity contribution in [2.45, 2.75) is 26.3 Å². The van der Waals surface area contributed by atoms with Gasteiger partial charge < -0.3 is 15.4 Å². The van der Waals surface area contributed by atoms with E-state index < -0.39 is 0 Å². The quantitative estimate of drug-likeness (QED) is 0.352. The molecule has 0 aliphatic carbocycles. The second-order valence-electron chi connectivity index (χ2n) is 4.75. The van der Waals surface area contributed by atoms with E-state index in [4.69, 9.17) is 4.74 Å². The number of rotatable bonds is 7. The first-order valence-electron chi connectivity index (χ1n) is 7.04. The number of nitrogens with one attached hydrogen (secondary N) is 2. The summed E-state index contributed by atoms with van der Waals surface area (Å²) in [4.78, 5) is 4.46. The van der Waals surface area contributed by atoms with Gasteiger partial charge in [0.05, 0.1) is 6.61 Å². The van der Waals surface area contributed by atoms with Gasteiger partial charge in [-0.25, -0.2) is 4.39 Å². The maximum atomic E-state index is 13.6. The molecular weight excluding hydrogens is 464 g/mol. The van der Waals surface area contributed by atoms with Crippen LogP contribution in [0.2, 0.25) is 0 Å². The molecular formula is C15H24BrFIN3O. The van der Waals surface area contributed by atoms with Crippen LogP contribution in [0.3, 0.4) is 0 Å². The summed E-state index contributed by atoms with van der Waals surface area (Å²) in [6.07, 6.45) is 0.556. The Balaban J connectivity index is 0.00000441. The smallest absolute Gasteiger partial charge is 0.191 e. The Kier molecular flexibility index (Phi) is 11.8. The van der Waals surface area contributed by atoms with Gasteiger partial charge in [0.1, 0.15) is 5.82 Å². The summed E-state index contributed by atoms with van der Waals surface area (Å²) in [6.45, 7) is 5.92. The Morgan fingerprint density at radius 2 is 2.18 bits per heavy atom. The van der Waals surface area contributed by atoms with Gasteiger partial charge in [-0.3, -0.25) is 4.99 Å². The highest BCUT2D eigenvalue weighted by Crippen LogP contribution is 2.15. The van der Waals surface area contributed by atoms with E-state index in [1.54, 1.807) is 19.2 Å². The van der Waals surface area contributed by atoms with Gasteiger partial charge in [-0.2, -0.15) is 0 Å². The van der Waals surface area contributed by atoms with Gasteiger partial charge in [0.15, 0.2) is 5.96 Å². The fourth-order valence-corrected chi connectivity index (χ4v) is 2.28. The largest absolute Gasteiger partial charge is 0.383 e. The first kappa shape index (κ1) is 21.6. The summed E-state index contributed by atoms with van der Waals surface area (Å²) in [5.74, 6) is 0.525. The Hall–Kier alpha value is -0.410. The minimum absolute atomic E-state index is 0. The molecule has 0 fully saturated rings. The first-order chi connectivity index (χ1) is 10.1. The lowest BCUT2D eigenvalue weighted by Gasteiger charge is -2.17. The average Bonchev–Trinajstić information content (AvgIpc) is 2.43. The molecule has 0 aromatic heterocycles. The molecule has 1 unspecified atom stereocenters. The average molecular weight is 488 g/mol. The van der Waals surface area contributed by atoms with Gasteiger partial charge in [-0.1, -0.05) is 15.9 Å². The van der Waals surface area contributed by atoms with Gasteiger partial charge in [-0.15, -0.1) is 24.0 Å². The van der Waals surface area contributed by atoms with Crippen molar-refractivity contribution in [3.8, 4) is 0 Å². The first-order valence-corrected chi connectivity index (χ1v) is 7.83. The number of benzene rings is 1. The summed E-state index contributed by atoms with van der Waals surface area (Å²) in [7, 11) is 1.66. The van der Waals surface area contributed by atoms with Crippen molar-refractivity contribution in [3.05, 3.63) is 34.1 Å². The standard InChI is InChI=1S/C15H23BrFN3O.HI/c1-4-18-15(20-11(2)10-21-3)19-8-7-12-9-13(16)5-6-14(12)17;/h5-6,9,11H,4,7-8,10H2,1-3H3,(H2,18,19,20);1H. The van der Waals surface area contributed by atoms with E-state index in [1.807, 2.05) is 13.8 Å². The van der Waals surface area contributed by atoms with Crippen LogP contribution in [0.5, 0.6) is 0 Å². The highest BCUT2D eigenvalue weighted by molar-refractivity contribution is 14.0. The fraction of sp³-hybridized carbons (Fsp3) is 0.533. The molecule has 1 rings (SSSR count). The van der Waals surface area contributed by atoms with Crippen LogP contribution >= 0.6 is 39.9 Å². The molecule has 2 N–H and O–H groups in total. The predicted molar refractivity (Wildman–Crippen MR) is 104 cm³/mol. The zero-order valence-corrected chi connectivity index (χ0v) is 17.1. The molecule has 0 aliphatic rings. The Bertz CT molecular complexity index is 474. The van der Waals surface area contributed by atoms with Crippen LogP contribution in [0.4, 0.5) is 4.39 Å². The Labute approximate surface area is 157 Å². The van der Waals surface area contributed by atoms with E-state index in [-0.39, 0.29) is 35.8 Å². The van der Waals surface area contributed by atoms with Crippen molar-refractivity contribution < 1.29 is 9.13 Å². The second kappa shape index (κ2) is 12.1. The molecule has 0 saturated heterocycles. The Morgan fingerprint density at radius 3 is 2.82 bits per heavy atom. The van der Waals surface area contributed by atoms with Crippen molar-refractivity contribution >= 4 is 45.9 Å². The van der Waals surface area contributed by atoms with E-state index in [1.165, 1.54) is 6.07 Å². The van der Waals surface area contributed by atoms with Crippen LogP contribution in [0.1, 0.15) is 19.4 Å². The molecule has 0 heterocycles. The van der Waals surface area contributed by atoms with Crippen LogP contribution in [0.15, 0.2) is 27.7 Å². The highest BCUT2D eigenvalue weighted by atomic mass is 127. The zero-order valence-electron chi connectivity index (χ0n) is 13.2. The summed E-state index contributed by atoms with van der Waals surface area (Å²) >= 11 is 3.35. The Morgan fingerprint density at radius 1 is 1.45 bits per heavy atom. The number of hydrogen-bond acceptors (Lipinski definition) is 2. The van der Waals surface area contributed by atoms with Crippen LogP contribution < -0.4 is 10.6 Å². The topological polar surface area (TPSA) is 45.7 Å². The number of guanidine groups is 1. The minimum atomic E-state index is -0.195. The van der Waals surface area contributed by atoms with Crippen molar-refractivity contribution in [2.75, 3.05) is 26.8 Å². The predicted octanol–water partition coefficient (Wildman–Crippen LogP) is 3.34. The lowest BCUT2D eigenvalue weighted by molar-refractivity contribution is 0.179. The zero-order chi connectivity index (χ0) is 15.7. The maximum Gasteiger partial charge on any atom is 0.191 e. The van der Waals surface area contributed by atoms with Gasteiger partial charge in [0.25, 0.3) is 0 Å². The molecule has 0 aliphatic heterocycles. The monoisotopic (exact) mass is 487 g/mol. The molecule has 0 bridgehead atoms. The van der Waals surface area contributed by atoms with Crippen LogP contribution in [0, 0.1) is 5.82 Å². The molecule has 0 spiro atoms. The number of nitrogens with zero attached hydrogens (tertiary/aromatic N) is 1. The summed E-state index contributed by atoms with van der Waals surface area (Å²) in [5.41, 5.74) is 0.661. The third-order valence-corrected chi connectivity index (χ3v) is 3.30. The van der Waals surface area contributed by atoms with Gasteiger partial charge in [-0.05, 0) is 44.0 Å². The molecule has 1 aromatic carbocycles. The maximum absolute atomic E-state index is 13.6. The fourth-order valence-electron chi connectivity index (χ4n) is 1.87. The third-order valence-electron chi connectivity index (χ3n) is 2.80. The van der Waals surface area contributed by atoms with Crippen molar-refractivity contribution in [1.29, 1.82) is 0 Å². The van der Waals surface area contributed by atoms with Crippen LogP contribution in [-0.4, -0.2) is 38.8 Å². The molecule has 0 radical (unpaired) electrons. The van der Waals surface area contributed by atoms with E-state index in [9.17, 15) is 4.39 Å². The molecule has 4 nitrogen and oxygen atoms in total. The lowest BCUT2D eigenvalue weighted by atomic mass is 10.1. The van der Waals surface area contributed by atoms with Crippen molar-refractivity contribution in [2.24, 2.45) is 4.99 Å². The molecule has 126 valence electrons. The number of halogens is 3. The van der Waals surface area contributed by atoms with E-state index in [0.717, 1.165) is 17.0 Å². The SMILES string of the molecule is CCNC(=NCCc1cc(Br)ccc1F)NC(C)COC.I. The second-order valence-corrected chi connectivity index (χ2v) is 5.66. The van der Waals surface area contributed by atoms with Gasteiger partial charge in [0.2, 0.25) is 0 Å². The van der Waals surface area contributed by atoms with Gasteiger partial charge in [0, 0.05) is 30.7 Å². The summed E-state index contributed by atoms with van der Waals surface area (Å²) in [6, 6.07) is 5.11. The number of hydrogen-bond donors (Lipinski definition) is 2. The minimum Gasteiger partial charge on any atom is -0.383 e. The molecule has 22 heavy (non-hydrogen) atoms. The molecule has 1 atom stereocenters. The van der Waals surface area contributed by atoms with E-state index >= 15 is 0 Å². The third kappa shape index (κ3) is 8.28. The van der Waals surface area contributed by atoms with Crippen molar-refractivity contribution in [3.63, 3.8) is 0 Å². The van der Waals surface area contributed by atoms with Crippen molar-refractivity contribution in [1.82, 2.24) is 10.6 Å². The van der Waals surface area contributed by atoms with Gasteiger partial charge >= 0.3 is 0 Å². The molecule has 7 heteroatoms. The van der Waals surface area contributed by atoms with E-state index in [0.29, 0.717) is 25.1 Å².